The van der Waals surface area contributed by atoms with Crippen molar-refractivity contribution in [2.24, 2.45) is 5.73 Å². The predicted molar refractivity (Wildman–Crippen MR) is 139 cm³/mol. The van der Waals surface area contributed by atoms with Crippen LogP contribution in [0.1, 0.15) is 51.2 Å². The number of nitriles is 1. The quantitative estimate of drug-likeness (QED) is 0.260. The maximum Gasteiger partial charge on any atom is 0.379 e. The Morgan fingerprint density at radius 2 is 1.89 bits per heavy atom. The summed E-state index contributed by atoms with van der Waals surface area (Å²) in [6.45, 7) is 8.24. The Labute approximate surface area is 214 Å². The first-order valence-corrected chi connectivity index (χ1v) is 12.0. The monoisotopic (exact) mass is 494 g/mol. The van der Waals surface area contributed by atoms with Gasteiger partial charge in [0.05, 0.1) is 12.5 Å². The van der Waals surface area contributed by atoms with E-state index in [-0.39, 0.29) is 17.4 Å². The van der Waals surface area contributed by atoms with Crippen LogP contribution in [0, 0.1) is 32.1 Å². The SMILES string of the molecule is CCOc1cccc(C2C(C#N)=C(N)Oc3cc(OC(=O)c4oc5cc(C)cc(C)c5c4C)ccc32)c1. The Morgan fingerprint density at radius 1 is 1.08 bits per heavy atom. The fraction of sp³-hybridized carbons (Fsp3) is 0.200. The minimum Gasteiger partial charge on any atom is -0.494 e. The molecule has 2 N–H and O–H groups in total. The molecule has 1 aliphatic heterocycles. The van der Waals surface area contributed by atoms with Crippen LogP contribution >= 0.6 is 0 Å². The van der Waals surface area contributed by atoms with E-state index in [2.05, 4.69) is 12.1 Å². The molecule has 0 saturated carbocycles. The van der Waals surface area contributed by atoms with E-state index in [9.17, 15) is 10.1 Å². The number of carbonyl (C=O) groups is 1. The Hall–Kier alpha value is -4.70. The number of hydrogen-bond donors (Lipinski definition) is 1. The first kappa shape index (κ1) is 24.0. The van der Waals surface area contributed by atoms with Crippen molar-refractivity contribution in [1.29, 1.82) is 5.26 Å². The maximum atomic E-state index is 13.1. The molecule has 2 heterocycles. The molecule has 0 bridgehead atoms. The topological polar surface area (TPSA) is 108 Å². The lowest BCUT2D eigenvalue weighted by Crippen LogP contribution is -2.21. The van der Waals surface area contributed by atoms with Gasteiger partial charge in [-0.05, 0) is 68.7 Å². The minimum absolute atomic E-state index is 0.00395. The highest BCUT2D eigenvalue weighted by atomic mass is 16.5. The lowest BCUT2D eigenvalue weighted by Gasteiger charge is -2.27. The molecule has 1 atom stereocenters. The summed E-state index contributed by atoms with van der Waals surface area (Å²) < 4.78 is 23.0. The number of nitrogens with zero attached hydrogens (tertiary/aromatic N) is 1. The lowest BCUT2D eigenvalue weighted by molar-refractivity contribution is 0.0702. The van der Waals surface area contributed by atoms with Gasteiger partial charge in [0.25, 0.3) is 0 Å². The molecule has 1 aliphatic rings. The molecule has 0 amide bonds. The van der Waals surface area contributed by atoms with Crippen molar-refractivity contribution in [3.05, 3.63) is 99.6 Å². The van der Waals surface area contributed by atoms with Crippen LogP contribution in [0.2, 0.25) is 0 Å². The van der Waals surface area contributed by atoms with E-state index in [1.54, 1.807) is 18.2 Å². The number of carbonyl (C=O) groups excluding carboxylic acids is 1. The normalized spacial score (nSPS) is 14.6. The molecule has 186 valence electrons. The van der Waals surface area contributed by atoms with Crippen LogP contribution in [0.3, 0.4) is 0 Å². The average Bonchev–Trinajstić information content (AvgIpc) is 3.19. The van der Waals surface area contributed by atoms with E-state index in [1.807, 2.05) is 58.0 Å². The highest BCUT2D eigenvalue weighted by Crippen LogP contribution is 2.44. The van der Waals surface area contributed by atoms with E-state index in [0.29, 0.717) is 29.3 Å². The number of allylic oxidation sites excluding steroid dienone is 1. The molecular weight excluding hydrogens is 468 g/mol. The summed E-state index contributed by atoms with van der Waals surface area (Å²) in [6.07, 6.45) is 0. The number of rotatable bonds is 5. The standard InChI is InChI=1S/C30H26N2O5/c1-5-34-20-8-6-7-19(13-20)27-22-10-9-21(14-24(22)37-29(32)23(27)15-31)35-30(33)28-18(4)26-17(3)11-16(2)12-25(26)36-28/h6-14,27H,5,32H2,1-4H3. The van der Waals surface area contributed by atoms with Gasteiger partial charge in [-0.3, -0.25) is 0 Å². The van der Waals surface area contributed by atoms with Crippen LogP contribution in [0.5, 0.6) is 17.2 Å². The third-order valence-corrected chi connectivity index (χ3v) is 6.46. The second kappa shape index (κ2) is 9.40. The number of ether oxygens (including phenoxy) is 3. The molecule has 4 aromatic rings. The molecule has 37 heavy (non-hydrogen) atoms. The zero-order valence-electron chi connectivity index (χ0n) is 21.0. The van der Waals surface area contributed by atoms with Crippen molar-refractivity contribution < 1.29 is 23.4 Å². The molecule has 7 nitrogen and oxygen atoms in total. The largest absolute Gasteiger partial charge is 0.494 e. The number of benzene rings is 3. The molecule has 5 rings (SSSR count). The molecule has 0 aliphatic carbocycles. The number of nitrogens with two attached hydrogens (primary N) is 1. The average molecular weight is 495 g/mol. The molecule has 3 aromatic carbocycles. The number of esters is 1. The van der Waals surface area contributed by atoms with E-state index >= 15 is 0 Å². The van der Waals surface area contributed by atoms with Gasteiger partial charge in [0.2, 0.25) is 11.6 Å². The molecule has 1 unspecified atom stereocenters. The van der Waals surface area contributed by atoms with Crippen LogP contribution in [0.15, 0.2) is 70.5 Å². The first-order valence-electron chi connectivity index (χ1n) is 12.0. The van der Waals surface area contributed by atoms with Gasteiger partial charge in [-0.25, -0.2) is 4.79 Å². The van der Waals surface area contributed by atoms with Crippen LogP contribution in [-0.4, -0.2) is 12.6 Å². The van der Waals surface area contributed by atoms with Crippen molar-refractivity contribution in [2.75, 3.05) is 6.61 Å². The van der Waals surface area contributed by atoms with Crippen molar-refractivity contribution in [3.63, 3.8) is 0 Å². The Bertz CT molecular complexity index is 1620. The van der Waals surface area contributed by atoms with Crippen LogP contribution in [-0.2, 0) is 0 Å². The van der Waals surface area contributed by atoms with Crippen LogP contribution in [0.25, 0.3) is 11.0 Å². The summed E-state index contributed by atoms with van der Waals surface area (Å²) in [7, 11) is 0. The third-order valence-electron chi connectivity index (χ3n) is 6.46. The summed E-state index contributed by atoms with van der Waals surface area (Å²) in [5.74, 6) is 0.462. The van der Waals surface area contributed by atoms with Gasteiger partial charge in [0.1, 0.15) is 34.5 Å². The summed E-state index contributed by atoms with van der Waals surface area (Å²) >= 11 is 0. The van der Waals surface area contributed by atoms with Gasteiger partial charge in [-0.2, -0.15) is 5.26 Å². The molecule has 0 radical (unpaired) electrons. The fourth-order valence-corrected chi connectivity index (χ4v) is 4.93. The first-order chi connectivity index (χ1) is 17.8. The second-order valence-corrected chi connectivity index (χ2v) is 9.03. The molecule has 0 fully saturated rings. The summed E-state index contributed by atoms with van der Waals surface area (Å²) in [4.78, 5) is 13.1. The molecule has 0 spiro atoms. The van der Waals surface area contributed by atoms with E-state index in [0.717, 1.165) is 33.2 Å². The number of aryl methyl sites for hydroxylation is 3. The summed E-state index contributed by atoms with van der Waals surface area (Å²) in [5.41, 5.74) is 11.5. The third kappa shape index (κ3) is 4.27. The van der Waals surface area contributed by atoms with Crippen LogP contribution in [0.4, 0.5) is 0 Å². The summed E-state index contributed by atoms with van der Waals surface area (Å²) in [6, 6.07) is 18.7. The van der Waals surface area contributed by atoms with Gasteiger partial charge in [0.15, 0.2) is 0 Å². The number of fused-ring (bicyclic) bond motifs is 2. The molecule has 7 heteroatoms. The maximum absolute atomic E-state index is 13.1. The highest BCUT2D eigenvalue weighted by Gasteiger charge is 2.31. The van der Waals surface area contributed by atoms with Crippen molar-refractivity contribution >= 4 is 16.9 Å². The van der Waals surface area contributed by atoms with Gasteiger partial charge in [-0.15, -0.1) is 0 Å². The van der Waals surface area contributed by atoms with Gasteiger partial charge in [0, 0.05) is 22.6 Å². The zero-order chi connectivity index (χ0) is 26.3. The van der Waals surface area contributed by atoms with E-state index < -0.39 is 11.9 Å². The van der Waals surface area contributed by atoms with Gasteiger partial charge < -0.3 is 24.4 Å². The van der Waals surface area contributed by atoms with Crippen LogP contribution < -0.4 is 19.9 Å². The predicted octanol–water partition coefficient (Wildman–Crippen LogP) is 6.19. The van der Waals surface area contributed by atoms with E-state index in [4.69, 9.17) is 24.4 Å². The number of hydrogen-bond acceptors (Lipinski definition) is 7. The highest BCUT2D eigenvalue weighted by molar-refractivity contribution is 5.98. The molecular formula is C30H26N2O5. The fourth-order valence-electron chi connectivity index (χ4n) is 4.93. The zero-order valence-corrected chi connectivity index (χ0v) is 21.0. The Morgan fingerprint density at radius 3 is 2.65 bits per heavy atom. The lowest BCUT2D eigenvalue weighted by atomic mass is 9.83. The van der Waals surface area contributed by atoms with E-state index in [1.165, 1.54) is 0 Å². The minimum atomic E-state index is -0.608. The second-order valence-electron chi connectivity index (χ2n) is 9.03. The van der Waals surface area contributed by atoms with Crippen molar-refractivity contribution in [2.45, 2.75) is 33.6 Å². The van der Waals surface area contributed by atoms with Crippen molar-refractivity contribution in [1.82, 2.24) is 0 Å². The Balaban J connectivity index is 1.49. The van der Waals surface area contributed by atoms with Gasteiger partial charge in [-0.1, -0.05) is 24.3 Å². The van der Waals surface area contributed by atoms with Gasteiger partial charge >= 0.3 is 5.97 Å². The smallest absolute Gasteiger partial charge is 0.379 e. The summed E-state index contributed by atoms with van der Waals surface area (Å²) in [5, 5.41) is 10.7. The van der Waals surface area contributed by atoms with Crippen molar-refractivity contribution in [3.8, 4) is 23.3 Å². The Kier molecular flexibility index (Phi) is 6.10. The molecule has 1 aromatic heterocycles. The number of furan rings is 1. The molecule has 0 saturated heterocycles.